The number of carbonyl (C=O) groups is 1. The van der Waals surface area contributed by atoms with Gasteiger partial charge in [0.15, 0.2) is 0 Å². The van der Waals surface area contributed by atoms with Crippen LogP contribution in [0.4, 0.5) is 0 Å². The smallest absolute Gasteiger partial charge is 0.249 e. The molecular formula is C18H29ClN2O2. The van der Waals surface area contributed by atoms with E-state index in [2.05, 4.69) is 43.4 Å². The Morgan fingerprint density at radius 3 is 2.70 bits per heavy atom. The van der Waals surface area contributed by atoms with Crippen molar-refractivity contribution in [2.45, 2.75) is 39.2 Å². The average molecular weight is 341 g/mol. The molecule has 0 spiro atoms. The lowest BCUT2D eigenvalue weighted by atomic mass is 10.0. The zero-order valence-electron chi connectivity index (χ0n) is 14.2. The van der Waals surface area contributed by atoms with Crippen LogP contribution in [0.3, 0.4) is 0 Å². The third-order valence-electron chi connectivity index (χ3n) is 4.20. The molecule has 1 aliphatic heterocycles. The molecule has 1 atom stereocenters. The fourth-order valence-corrected chi connectivity index (χ4v) is 2.76. The summed E-state index contributed by atoms with van der Waals surface area (Å²) < 4.78 is 5.50. The second-order valence-electron chi connectivity index (χ2n) is 5.81. The van der Waals surface area contributed by atoms with Crippen molar-refractivity contribution in [3.63, 3.8) is 0 Å². The monoisotopic (exact) mass is 340 g/mol. The van der Waals surface area contributed by atoms with Crippen LogP contribution in [0.15, 0.2) is 24.3 Å². The van der Waals surface area contributed by atoms with Gasteiger partial charge in [0.25, 0.3) is 0 Å². The van der Waals surface area contributed by atoms with Crippen LogP contribution in [0.5, 0.6) is 0 Å². The molecule has 130 valence electrons. The van der Waals surface area contributed by atoms with Crippen molar-refractivity contribution in [2.24, 2.45) is 0 Å². The van der Waals surface area contributed by atoms with Gasteiger partial charge in [-0.15, -0.1) is 12.4 Å². The first-order valence-electron chi connectivity index (χ1n) is 8.43. The van der Waals surface area contributed by atoms with E-state index in [1.54, 1.807) is 0 Å². The van der Waals surface area contributed by atoms with Gasteiger partial charge in [-0.3, -0.25) is 4.79 Å². The summed E-state index contributed by atoms with van der Waals surface area (Å²) >= 11 is 0. The zero-order valence-corrected chi connectivity index (χ0v) is 15.0. The fourth-order valence-electron chi connectivity index (χ4n) is 2.76. The number of hydrogen-bond donors (Lipinski definition) is 1. The van der Waals surface area contributed by atoms with E-state index < -0.39 is 0 Å². The number of unbranched alkanes of at least 4 members (excludes halogenated alkanes) is 1. The van der Waals surface area contributed by atoms with Crippen molar-refractivity contribution in [1.82, 2.24) is 10.2 Å². The zero-order chi connectivity index (χ0) is 15.8. The van der Waals surface area contributed by atoms with Crippen LogP contribution < -0.4 is 5.32 Å². The maximum absolute atomic E-state index is 12.4. The molecule has 0 radical (unpaired) electrons. The molecule has 1 aromatic rings. The Labute approximate surface area is 146 Å². The number of halogens is 1. The number of aryl methyl sites for hydroxylation is 1. The minimum Gasteiger partial charge on any atom is -0.372 e. The summed E-state index contributed by atoms with van der Waals surface area (Å²) in [6, 6.07) is 8.72. The predicted molar refractivity (Wildman–Crippen MR) is 96.1 cm³/mol. The lowest BCUT2D eigenvalue weighted by Gasteiger charge is -2.36. The van der Waals surface area contributed by atoms with Crippen LogP contribution >= 0.6 is 12.4 Å². The molecule has 1 N–H and O–H groups in total. The highest BCUT2D eigenvalue weighted by molar-refractivity contribution is 5.85. The first-order chi connectivity index (χ1) is 10.8. The average Bonchev–Trinajstić information content (AvgIpc) is 2.58. The van der Waals surface area contributed by atoms with Crippen molar-refractivity contribution in [3.8, 4) is 0 Å². The van der Waals surface area contributed by atoms with E-state index in [4.69, 9.17) is 4.74 Å². The predicted octanol–water partition coefficient (Wildman–Crippen LogP) is 2.96. The molecule has 5 heteroatoms. The summed E-state index contributed by atoms with van der Waals surface area (Å²) in [7, 11) is 0. The van der Waals surface area contributed by atoms with Crippen molar-refractivity contribution in [3.05, 3.63) is 35.4 Å². The summed E-state index contributed by atoms with van der Waals surface area (Å²) in [5.74, 6) is 0.0992. The third-order valence-corrected chi connectivity index (χ3v) is 4.20. The van der Waals surface area contributed by atoms with Gasteiger partial charge in [0.05, 0.1) is 6.04 Å². The van der Waals surface area contributed by atoms with Crippen LogP contribution in [-0.2, 0) is 16.0 Å². The molecule has 1 heterocycles. The van der Waals surface area contributed by atoms with Gasteiger partial charge in [0, 0.05) is 26.2 Å². The summed E-state index contributed by atoms with van der Waals surface area (Å²) in [5, 5.41) is 3.39. The first kappa shape index (κ1) is 19.9. The van der Waals surface area contributed by atoms with Gasteiger partial charge in [-0.1, -0.05) is 44.5 Å². The van der Waals surface area contributed by atoms with Crippen LogP contribution in [0, 0.1) is 0 Å². The molecule has 1 aliphatic rings. The lowest BCUT2D eigenvalue weighted by molar-refractivity contribution is -0.139. The number of nitrogens with one attached hydrogen (secondary N) is 1. The second-order valence-corrected chi connectivity index (χ2v) is 5.81. The van der Waals surface area contributed by atoms with Gasteiger partial charge < -0.3 is 15.0 Å². The second kappa shape index (κ2) is 10.6. The van der Waals surface area contributed by atoms with Gasteiger partial charge in [-0.25, -0.2) is 0 Å². The highest BCUT2D eigenvalue weighted by atomic mass is 35.5. The standard InChI is InChI=1S/C18H28N2O2.ClH/c1-3-5-12-22-14-18(21)20-11-10-19-13-17(20)16-8-6-15(4-2)7-9-16;/h6-9,17,19H,3-5,10-14H2,1-2H3;1H. The molecule has 1 unspecified atom stereocenters. The Bertz CT molecular complexity index is 465. The number of hydrogen-bond acceptors (Lipinski definition) is 3. The van der Waals surface area contributed by atoms with E-state index in [1.807, 2.05) is 4.90 Å². The molecule has 1 fully saturated rings. The van der Waals surface area contributed by atoms with Crippen LogP contribution in [0.1, 0.15) is 43.9 Å². The van der Waals surface area contributed by atoms with Crippen molar-refractivity contribution in [1.29, 1.82) is 0 Å². The number of benzene rings is 1. The number of amides is 1. The van der Waals surface area contributed by atoms with E-state index in [9.17, 15) is 4.79 Å². The topological polar surface area (TPSA) is 41.6 Å². The SMILES string of the molecule is CCCCOCC(=O)N1CCNCC1c1ccc(CC)cc1.Cl. The van der Waals surface area contributed by atoms with Crippen molar-refractivity contribution >= 4 is 18.3 Å². The van der Waals surface area contributed by atoms with E-state index >= 15 is 0 Å². The van der Waals surface area contributed by atoms with E-state index in [1.165, 1.54) is 11.1 Å². The molecule has 23 heavy (non-hydrogen) atoms. The normalized spacial score (nSPS) is 17.7. The van der Waals surface area contributed by atoms with E-state index in [-0.39, 0.29) is 31.0 Å². The molecule has 1 aromatic carbocycles. The molecule has 0 bridgehead atoms. The molecule has 4 nitrogen and oxygen atoms in total. The highest BCUT2D eigenvalue weighted by Crippen LogP contribution is 2.23. The van der Waals surface area contributed by atoms with E-state index in [0.717, 1.165) is 38.9 Å². The number of piperazine rings is 1. The molecule has 0 aliphatic carbocycles. The van der Waals surface area contributed by atoms with Gasteiger partial charge in [-0.2, -0.15) is 0 Å². The van der Waals surface area contributed by atoms with Crippen LogP contribution in [0.25, 0.3) is 0 Å². The summed E-state index contributed by atoms with van der Waals surface area (Å²) in [4.78, 5) is 14.4. The number of rotatable bonds is 7. The van der Waals surface area contributed by atoms with Gasteiger partial charge >= 0.3 is 0 Å². The number of carbonyl (C=O) groups excluding carboxylic acids is 1. The van der Waals surface area contributed by atoms with Gasteiger partial charge in [0.1, 0.15) is 6.61 Å². The van der Waals surface area contributed by atoms with Crippen LogP contribution in [0.2, 0.25) is 0 Å². The van der Waals surface area contributed by atoms with Gasteiger partial charge in [0.2, 0.25) is 5.91 Å². The molecule has 1 saturated heterocycles. The third kappa shape index (κ3) is 5.79. The molecule has 0 aromatic heterocycles. The van der Waals surface area contributed by atoms with Crippen molar-refractivity contribution in [2.75, 3.05) is 32.8 Å². The highest BCUT2D eigenvalue weighted by Gasteiger charge is 2.27. The first-order valence-corrected chi connectivity index (χ1v) is 8.43. The Hall–Kier alpha value is -1.10. The molecule has 0 saturated carbocycles. The number of nitrogens with zero attached hydrogens (tertiary/aromatic N) is 1. The Balaban J connectivity index is 0.00000264. The summed E-state index contributed by atoms with van der Waals surface area (Å²) in [5.41, 5.74) is 2.53. The Morgan fingerprint density at radius 2 is 2.04 bits per heavy atom. The van der Waals surface area contributed by atoms with Crippen LogP contribution in [-0.4, -0.2) is 43.7 Å². The van der Waals surface area contributed by atoms with Gasteiger partial charge in [-0.05, 0) is 24.0 Å². The largest absolute Gasteiger partial charge is 0.372 e. The quantitative estimate of drug-likeness (QED) is 0.776. The Kier molecular flexibility index (Phi) is 9.22. The number of ether oxygens (including phenoxy) is 1. The molecule has 2 rings (SSSR count). The molecular weight excluding hydrogens is 312 g/mol. The maximum atomic E-state index is 12.4. The minimum atomic E-state index is 0. The summed E-state index contributed by atoms with van der Waals surface area (Å²) in [6.45, 7) is 7.55. The fraction of sp³-hybridized carbons (Fsp3) is 0.611. The van der Waals surface area contributed by atoms with Crippen molar-refractivity contribution < 1.29 is 9.53 Å². The minimum absolute atomic E-state index is 0. The Morgan fingerprint density at radius 1 is 1.30 bits per heavy atom. The lowest BCUT2D eigenvalue weighted by Crippen LogP contribution is -2.49. The molecule has 1 amide bonds. The van der Waals surface area contributed by atoms with E-state index in [0.29, 0.717) is 6.61 Å². The summed E-state index contributed by atoms with van der Waals surface area (Å²) in [6.07, 6.45) is 3.14. The maximum Gasteiger partial charge on any atom is 0.249 e.